The number of carbonyl (C=O) groups excluding carboxylic acids is 3. The van der Waals surface area contributed by atoms with Crippen LogP contribution in [0.25, 0.3) is 6.08 Å². The van der Waals surface area contributed by atoms with Crippen LogP contribution in [0.5, 0.6) is 0 Å². The fourth-order valence-electron chi connectivity index (χ4n) is 3.00. The minimum Gasteiger partial charge on any atom is -0.452 e. The number of carbonyl (C=O) groups is 3. The van der Waals surface area contributed by atoms with E-state index >= 15 is 0 Å². The van der Waals surface area contributed by atoms with Crippen molar-refractivity contribution < 1.29 is 19.1 Å². The van der Waals surface area contributed by atoms with E-state index in [-0.39, 0.29) is 6.04 Å². The molecule has 1 fully saturated rings. The van der Waals surface area contributed by atoms with Crippen LogP contribution in [0.3, 0.4) is 0 Å². The average molecular weight is 402 g/mol. The maximum atomic E-state index is 11.8. The molecule has 1 aliphatic rings. The molecule has 1 saturated heterocycles. The first-order chi connectivity index (χ1) is 14.0. The number of nitrogens with one attached hydrogen (secondary N) is 2. The van der Waals surface area contributed by atoms with E-state index in [0.29, 0.717) is 0 Å². The summed E-state index contributed by atoms with van der Waals surface area (Å²) in [6.07, 6.45) is 8.69. The van der Waals surface area contributed by atoms with Crippen LogP contribution in [0.15, 0.2) is 30.3 Å². The summed E-state index contributed by atoms with van der Waals surface area (Å²) in [7, 11) is 0. The van der Waals surface area contributed by atoms with Gasteiger partial charge in [0.05, 0.1) is 0 Å². The highest BCUT2D eigenvalue weighted by atomic mass is 16.5. The molecule has 1 aromatic rings. The lowest BCUT2D eigenvalue weighted by molar-refractivity contribution is -0.143. The molecule has 7 nitrogen and oxygen atoms in total. The van der Waals surface area contributed by atoms with E-state index in [0.717, 1.165) is 25.1 Å². The minimum absolute atomic E-state index is 0.0426. The third-order valence-electron chi connectivity index (χ3n) is 4.86. The van der Waals surface area contributed by atoms with Gasteiger partial charge < -0.3 is 15.0 Å². The van der Waals surface area contributed by atoms with Crippen LogP contribution >= 0.6 is 0 Å². The molecule has 2 N–H and O–H groups in total. The van der Waals surface area contributed by atoms with E-state index < -0.39 is 24.5 Å². The Morgan fingerprint density at radius 3 is 2.38 bits per heavy atom. The van der Waals surface area contributed by atoms with Gasteiger partial charge in [-0.25, -0.2) is 9.59 Å². The predicted molar refractivity (Wildman–Crippen MR) is 114 cm³/mol. The maximum Gasteiger partial charge on any atom is 0.331 e. The van der Waals surface area contributed by atoms with E-state index in [9.17, 15) is 14.4 Å². The number of ether oxygens (including phenoxy) is 1. The topological polar surface area (TPSA) is 87.7 Å². The largest absolute Gasteiger partial charge is 0.452 e. The zero-order valence-electron chi connectivity index (χ0n) is 17.3. The van der Waals surface area contributed by atoms with Crippen molar-refractivity contribution >= 4 is 29.7 Å². The van der Waals surface area contributed by atoms with Crippen molar-refractivity contribution in [3.63, 3.8) is 0 Å². The minimum atomic E-state index is -0.672. The van der Waals surface area contributed by atoms with Gasteiger partial charge >= 0.3 is 12.0 Å². The van der Waals surface area contributed by atoms with Gasteiger partial charge in [-0.05, 0) is 50.0 Å². The van der Waals surface area contributed by atoms with Crippen molar-refractivity contribution in [1.29, 1.82) is 0 Å². The lowest BCUT2D eigenvalue weighted by Crippen LogP contribution is -2.44. The van der Waals surface area contributed by atoms with E-state index in [1.165, 1.54) is 37.4 Å². The zero-order chi connectivity index (χ0) is 21.1. The van der Waals surface area contributed by atoms with Gasteiger partial charge in [0.25, 0.3) is 5.91 Å². The Hall–Kier alpha value is -2.83. The fourth-order valence-corrected chi connectivity index (χ4v) is 3.00. The lowest BCUT2D eigenvalue weighted by Gasteiger charge is -2.22. The van der Waals surface area contributed by atoms with Gasteiger partial charge in [0.1, 0.15) is 0 Å². The third kappa shape index (κ3) is 8.37. The lowest BCUT2D eigenvalue weighted by atomic mass is 10.1. The van der Waals surface area contributed by atoms with E-state index in [1.54, 1.807) is 6.08 Å². The molecule has 1 aromatic carbocycles. The molecule has 1 atom stereocenters. The van der Waals surface area contributed by atoms with Crippen molar-refractivity contribution in [1.82, 2.24) is 10.6 Å². The van der Waals surface area contributed by atoms with Crippen LogP contribution in [-0.2, 0) is 14.3 Å². The SMILES string of the molecule is CC[C@H](C)NC(=O)NC(=O)COC(=O)/C=C/c1ccc(N2CCCCCC2)cc1. The van der Waals surface area contributed by atoms with Gasteiger partial charge in [0.15, 0.2) is 6.61 Å². The third-order valence-corrected chi connectivity index (χ3v) is 4.86. The molecule has 29 heavy (non-hydrogen) atoms. The van der Waals surface area contributed by atoms with Crippen LogP contribution in [0.1, 0.15) is 51.5 Å². The molecule has 2 rings (SSSR count). The fraction of sp³-hybridized carbons (Fsp3) is 0.500. The van der Waals surface area contributed by atoms with Crippen LogP contribution in [-0.4, -0.2) is 43.6 Å². The first-order valence-corrected chi connectivity index (χ1v) is 10.3. The first kappa shape index (κ1) is 22.5. The smallest absolute Gasteiger partial charge is 0.331 e. The number of rotatable bonds is 7. The Balaban J connectivity index is 1.75. The van der Waals surface area contributed by atoms with Crippen molar-refractivity contribution in [3.05, 3.63) is 35.9 Å². The number of anilines is 1. The second-order valence-electron chi connectivity index (χ2n) is 7.26. The standard InChI is InChI=1S/C22H31N3O4/c1-3-17(2)23-22(28)24-20(26)16-29-21(27)13-10-18-8-11-19(12-9-18)25-14-6-4-5-7-15-25/h8-13,17H,3-7,14-16H2,1-2H3,(H2,23,24,26,28)/b13-10+/t17-/m0/s1. The summed E-state index contributed by atoms with van der Waals surface area (Å²) in [6.45, 7) is 5.40. The van der Waals surface area contributed by atoms with Crippen molar-refractivity contribution in [2.24, 2.45) is 0 Å². The van der Waals surface area contributed by atoms with Gasteiger partial charge in [-0.2, -0.15) is 0 Å². The Labute approximate surface area is 172 Å². The average Bonchev–Trinajstić information content (AvgIpc) is 3.00. The molecule has 0 spiro atoms. The Kier molecular flexibility index (Phi) is 9.21. The van der Waals surface area contributed by atoms with Gasteiger partial charge in [0.2, 0.25) is 0 Å². The van der Waals surface area contributed by atoms with E-state index in [4.69, 9.17) is 4.74 Å². The number of imide groups is 1. The summed E-state index contributed by atoms with van der Waals surface area (Å²) in [5.74, 6) is -1.31. The molecular formula is C22H31N3O4. The molecule has 0 bridgehead atoms. The van der Waals surface area contributed by atoms with Gasteiger partial charge in [-0.1, -0.05) is 31.9 Å². The summed E-state index contributed by atoms with van der Waals surface area (Å²) in [4.78, 5) is 37.4. The Morgan fingerprint density at radius 1 is 1.10 bits per heavy atom. The molecule has 0 saturated carbocycles. The maximum absolute atomic E-state index is 11.8. The molecule has 0 aliphatic carbocycles. The number of hydrogen-bond acceptors (Lipinski definition) is 5. The summed E-state index contributed by atoms with van der Waals surface area (Å²) in [5, 5.41) is 4.72. The van der Waals surface area contributed by atoms with E-state index in [1.807, 2.05) is 26.0 Å². The second kappa shape index (κ2) is 11.9. The van der Waals surface area contributed by atoms with Crippen molar-refractivity contribution in [2.45, 2.75) is 52.0 Å². The second-order valence-corrected chi connectivity index (χ2v) is 7.26. The molecule has 7 heteroatoms. The quantitative estimate of drug-likeness (QED) is 0.541. The zero-order valence-corrected chi connectivity index (χ0v) is 17.3. The van der Waals surface area contributed by atoms with Crippen LogP contribution in [0.4, 0.5) is 10.5 Å². The van der Waals surface area contributed by atoms with Gasteiger partial charge in [0, 0.05) is 30.9 Å². The molecule has 0 radical (unpaired) electrons. The van der Waals surface area contributed by atoms with Crippen LogP contribution in [0.2, 0.25) is 0 Å². The number of amides is 3. The number of hydrogen-bond donors (Lipinski definition) is 2. The van der Waals surface area contributed by atoms with Gasteiger partial charge in [-0.3, -0.25) is 10.1 Å². The molecule has 3 amide bonds. The Morgan fingerprint density at radius 2 is 1.76 bits per heavy atom. The highest BCUT2D eigenvalue weighted by Crippen LogP contribution is 2.20. The number of benzene rings is 1. The summed E-state index contributed by atoms with van der Waals surface area (Å²) in [6, 6.07) is 7.38. The molecule has 0 aromatic heterocycles. The monoisotopic (exact) mass is 401 g/mol. The first-order valence-electron chi connectivity index (χ1n) is 10.3. The highest BCUT2D eigenvalue weighted by molar-refractivity contribution is 5.96. The number of urea groups is 1. The molecule has 1 heterocycles. The van der Waals surface area contributed by atoms with Gasteiger partial charge in [-0.15, -0.1) is 0 Å². The summed E-state index contributed by atoms with van der Waals surface area (Å²) >= 11 is 0. The molecule has 158 valence electrons. The van der Waals surface area contributed by atoms with E-state index in [2.05, 4.69) is 27.7 Å². The summed E-state index contributed by atoms with van der Waals surface area (Å²) < 4.78 is 4.86. The molecular weight excluding hydrogens is 370 g/mol. The number of nitrogens with zero attached hydrogens (tertiary/aromatic N) is 1. The molecule has 1 aliphatic heterocycles. The highest BCUT2D eigenvalue weighted by Gasteiger charge is 2.11. The number of esters is 1. The van der Waals surface area contributed by atoms with Crippen LogP contribution < -0.4 is 15.5 Å². The predicted octanol–water partition coefficient (Wildman–Crippen LogP) is 3.25. The normalized spacial score (nSPS) is 15.4. The van der Waals surface area contributed by atoms with Crippen molar-refractivity contribution in [3.8, 4) is 0 Å². The summed E-state index contributed by atoms with van der Waals surface area (Å²) in [5.41, 5.74) is 2.07. The molecule has 0 unspecified atom stereocenters. The Bertz CT molecular complexity index is 707. The van der Waals surface area contributed by atoms with Crippen molar-refractivity contribution in [2.75, 3.05) is 24.6 Å². The van der Waals surface area contributed by atoms with Crippen LogP contribution in [0, 0.1) is 0 Å².